The van der Waals surface area contributed by atoms with Crippen molar-refractivity contribution in [3.8, 4) is 0 Å². The van der Waals surface area contributed by atoms with Crippen molar-refractivity contribution in [2.75, 3.05) is 51.3 Å². The minimum absolute atomic E-state index is 0.0874. The van der Waals surface area contributed by atoms with Gasteiger partial charge in [-0.15, -0.1) is 0 Å². The van der Waals surface area contributed by atoms with E-state index < -0.39 is 0 Å². The fourth-order valence-corrected chi connectivity index (χ4v) is 3.69. The lowest BCUT2D eigenvalue weighted by Crippen LogP contribution is -2.54. The zero-order valence-corrected chi connectivity index (χ0v) is 17.3. The number of hydrogen-bond donors (Lipinski definition) is 2. The van der Waals surface area contributed by atoms with Crippen molar-refractivity contribution in [1.29, 1.82) is 0 Å². The Morgan fingerprint density at radius 2 is 2.04 bits per heavy atom. The van der Waals surface area contributed by atoms with Crippen LogP contribution in [0.15, 0.2) is 29.3 Å². The second kappa shape index (κ2) is 9.66. The molecule has 1 aromatic carbocycles. The van der Waals surface area contributed by atoms with Crippen molar-refractivity contribution < 1.29 is 9.53 Å². The van der Waals surface area contributed by atoms with Gasteiger partial charge in [0.1, 0.15) is 0 Å². The van der Waals surface area contributed by atoms with Crippen LogP contribution >= 0.6 is 0 Å². The number of nitrogens with one attached hydrogen (secondary N) is 2. The molecule has 154 valence electrons. The number of aryl methyl sites for hydroxylation is 1. The van der Waals surface area contributed by atoms with Crippen molar-refractivity contribution in [2.45, 2.75) is 32.7 Å². The highest BCUT2D eigenvalue weighted by Crippen LogP contribution is 2.32. The van der Waals surface area contributed by atoms with Crippen LogP contribution in [0.1, 0.15) is 25.3 Å². The number of aliphatic imine (C=N–C) groups is 1. The maximum absolute atomic E-state index is 11.8. The van der Waals surface area contributed by atoms with E-state index in [4.69, 9.17) is 4.74 Å². The van der Waals surface area contributed by atoms with Gasteiger partial charge in [-0.05, 0) is 50.3 Å². The summed E-state index contributed by atoms with van der Waals surface area (Å²) < 4.78 is 5.04. The molecule has 1 saturated carbocycles. The zero-order chi connectivity index (χ0) is 19.9. The number of nitrogens with zero attached hydrogens (tertiary/aromatic N) is 3. The summed E-state index contributed by atoms with van der Waals surface area (Å²) in [7, 11) is 1.82. The molecule has 1 amide bonds. The standard InChI is InChI=1S/C21H33N5O2/c1-4-28-21(27)24-19(17-8-9-17)15-23-20(22-3)26-12-10-25(11-13-26)18-7-5-6-16(2)14-18/h5-7,14,17,19H,4,8-13,15H2,1-3H3,(H,22,23)(H,24,27). The molecule has 1 aliphatic heterocycles. The average molecular weight is 388 g/mol. The largest absolute Gasteiger partial charge is 0.450 e. The second-order valence-electron chi connectivity index (χ2n) is 7.55. The van der Waals surface area contributed by atoms with Crippen LogP contribution in [0.2, 0.25) is 0 Å². The average Bonchev–Trinajstić information content (AvgIpc) is 3.53. The summed E-state index contributed by atoms with van der Waals surface area (Å²) in [6, 6.07) is 8.75. The van der Waals surface area contributed by atoms with Crippen LogP contribution in [0.3, 0.4) is 0 Å². The number of anilines is 1. The van der Waals surface area contributed by atoms with E-state index in [2.05, 4.69) is 56.6 Å². The number of hydrogen-bond acceptors (Lipinski definition) is 4. The summed E-state index contributed by atoms with van der Waals surface area (Å²) >= 11 is 0. The molecule has 1 atom stereocenters. The molecule has 0 bridgehead atoms. The Balaban J connectivity index is 1.49. The molecule has 28 heavy (non-hydrogen) atoms. The first-order valence-electron chi connectivity index (χ1n) is 10.3. The van der Waals surface area contributed by atoms with Gasteiger partial charge in [0.25, 0.3) is 0 Å². The van der Waals surface area contributed by atoms with Gasteiger partial charge in [-0.2, -0.15) is 0 Å². The molecule has 1 aromatic rings. The fraction of sp³-hybridized carbons (Fsp3) is 0.619. The van der Waals surface area contributed by atoms with E-state index in [9.17, 15) is 4.79 Å². The Kier molecular flexibility index (Phi) is 7.01. The Hall–Kier alpha value is -2.44. The lowest BCUT2D eigenvalue weighted by molar-refractivity contribution is 0.146. The lowest BCUT2D eigenvalue weighted by Gasteiger charge is -2.38. The van der Waals surface area contributed by atoms with Gasteiger partial charge in [-0.25, -0.2) is 4.79 Å². The van der Waals surface area contributed by atoms with Crippen LogP contribution in [-0.2, 0) is 4.74 Å². The molecule has 0 aromatic heterocycles. The number of carbonyl (C=O) groups excluding carboxylic acids is 1. The van der Waals surface area contributed by atoms with E-state index >= 15 is 0 Å². The zero-order valence-electron chi connectivity index (χ0n) is 17.3. The minimum Gasteiger partial charge on any atom is -0.450 e. The summed E-state index contributed by atoms with van der Waals surface area (Å²) in [6.45, 7) is 8.81. The number of amides is 1. The molecular formula is C21H33N5O2. The Labute approximate surface area is 168 Å². The van der Waals surface area contributed by atoms with E-state index in [1.807, 2.05) is 14.0 Å². The van der Waals surface area contributed by atoms with Gasteiger partial charge in [0.05, 0.1) is 12.6 Å². The van der Waals surface area contributed by atoms with Crippen LogP contribution in [0, 0.1) is 12.8 Å². The van der Waals surface area contributed by atoms with Crippen molar-refractivity contribution in [1.82, 2.24) is 15.5 Å². The molecule has 7 nitrogen and oxygen atoms in total. The van der Waals surface area contributed by atoms with Gasteiger partial charge in [-0.1, -0.05) is 12.1 Å². The molecule has 2 aliphatic rings. The predicted octanol–water partition coefficient (Wildman–Crippen LogP) is 2.22. The lowest BCUT2D eigenvalue weighted by atomic mass is 10.2. The molecule has 2 fully saturated rings. The third-order valence-electron chi connectivity index (χ3n) is 5.41. The van der Waals surface area contributed by atoms with E-state index in [1.165, 1.54) is 11.3 Å². The van der Waals surface area contributed by atoms with Gasteiger partial charge >= 0.3 is 6.09 Å². The quantitative estimate of drug-likeness (QED) is 0.579. The van der Waals surface area contributed by atoms with Crippen molar-refractivity contribution in [3.05, 3.63) is 29.8 Å². The number of rotatable bonds is 6. The van der Waals surface area contributed by atoms with Gasteiger partial charge in [0.15, 0.2) is 5.96 Å². The molecule has 1 unspecified atom stereocenters. The molecule has 1 heterocycles. The van der Waals surface area contributed by atoms with Gasteiger partial charge in [0, 0.05) is 45.5 Å². The summed E-state index contributed by atoms with van der Waals surface area (Å²) in [4.78, 5) is 21.0. The van der Waals surface area contributed by atoms with Crippen LogP contribution in [0.5, 0.6) is 0 Å². The molecule has 0 spiro atoms. The normalized spacial score (nSPS) is 18.6. The predicted molar refractivity (Wildman–Crippen MR) is 113 cm³/mol. The first-order valence-corrected chi connectivity index (χ1v) is 10.3. The highest BCUT2D eigenvalue weighted by atomic mass is 16.5. The number of ether oxygens (including phenoxy) is 1. The molecular weight excluding hydrogens is 354 g/mol. The van der Waals surface area contributed by atoms with E-state index in [1.54, 1.807) is 0 Å². The monoisotopic (exact) mass is 387 g/mol. The maximum atomic E-state index is 11.8. The topological polar surface area (TPSA) is 69.2 Å². The summed E-state index contributed by atoms with van der Waals surface area (Å²) in [5.74, 6) is 1.44. The molecule has 1 aliphatic carbocycles. The summed E-state index contributed by atoms with van der Waals surface area (Å²) in [5, 5.41) is 6.45. The Bertz CT molecular complexity index is 681. The molecule has 0 radical (unpaired) electrons. The van der Waals surface area contributed by atoms with Crippen molar-refractivity contribution in [3.63, 3.8) is 0 Å². The number of benzene rings is 1. The number of alkyl carbamates (subject to hydrolysis) is 1. The van der Waals surface area contributed by atoms with Crippen LogP contribution in [0.4, 0.5) is 10.5 Å². The summed E-state index contributed by atoms with van der Waals surface area (Å²) in [6.07, 6.45) is 1.99. The van der Waals surface area contributed by atoms with Crippen molar-refractivity contribution in [2.24, 2.45) is 10.9 Å². The van der Waals surface area contributed by atoms with E-state index in [0.29, 0.717) is 19.1 Å². The number of piperazine rings is 1. The third kappa shape index (κ3) is 5.53. The van der Waals surface area contributed by atoms with Gasteiger partial charge < -0.3 is 25.2 Å². The van der Waals surface area contributed by atoms with Crippen LogP contribution in [0.25, 0.3) is 0 Å². The molecule has 3 rings (SSSR count). The number of guanidine groups is 1. The van der Waals surface area contributed by atoms with Gasteiger partial charge in [0.2, 0.25) is 0 Å². The van der Waals surface area contributed by atoms with Crippen molar-refractivity contribution >= 4 is 17.7 Å². The Morgan fingerprint density at radius 3 is 2.64 bits per heavy atom. The fourth-order valence-electron chi connectivity index (χ4n) is 3.69. The van der Waals surface area contributed by atoms with Crippen LogP contribution in [-0.4, -0.2) is 69.4 Å². The minimum atomic E-state index is -0.331. The van der Waals surface area contributed by atoms with E-state index in [0.717, 1.165) is 45.0 Å². The smallest absolute Gasteiger partial charge is 0.407 e. The highest BCUT2D eigenvalue weighted by Gasteiger charge is 2.33. The first kappa shape index (κ1) is 20.3. The Morgan fingerprint density at radius 1 is 1.29 bits per heavy atom. The molecule has 2 N–H and O–H groups in total. The van der Waals surface area contributed by atoms with Crippen LogP contribution < -0.4 is 15.5 Å². The maximum Gasteiger partial charge on any atom is 0.407 e. The third-order valence-corrected chi connectivity index (χ3v) is 5.41. The van der Waals surface area contributed by atoms with E-state index in [-0.39, 0.29) is 12.1 Å². The first-order chi connectivity index (χ1) is 13.6. The highest BCUT2D eigenvalue weighted by molar-refractivity contribution is 5.80. The summed E-state index contributed by atoms with van der Waals surface area (Å²) in [5.41, 5.74) is 2.58. The SMILES string of the molecule is CCOC(=O)NC(CNC(=NC)N1CCN(c2cccc(C)c2)CC1)C1CC1. The molecule has 7 heteroatoms. The molecule has 1 saturated heterocycles. The second-order valence-corrected chi connectivity index (χ2v) is 7.55. The number of carbonyl (C=O) groups is 1. The van der Waals surface area contributed by atoms with Gasteiger partial charge in [-0.3, -0.25) is 4.99 Å².